The summed E-state index contributed by atoms with van der Waals surface area (Å²) in [4.78, 5) is 12.8. The van der Waals surface area contributed by atoms with E-state index in [9.17, 15) is 13.2 Å². The molecule has 0 spiro atoms. The Balaban J connectivity index is 1.45. The number of amides is 1. The molecule has 0 saturated carbocycles. The van der Waals surface area contributed by atoms with E-state index in [4.69, 9.17) is 4.52 Å². The summed E-state index contributed by atoms with van der Waals surface area (Å²) < 4.78 is 33.7. The van der Waals surface area contributed by atoms with Crippen LogP contribution in [0.1, 0.15) is 41.0 Å². The molecule has 0 aliphatic carbocycles. The number of carbonyl (C=O) groups excluding carboxylic acids is 1. The van der Waals surface area contributed by atoms with Crippen LogP contribution in [-0.2, 0) is 14.8 Å². The lowest BCUT2D eigenvalue weighted by molar-refractivity contribution is -0.120. The summed E-state index contributed by atoms with van der Waals surface area (Å²) in [6.07, 6.45) is 4.35. The molecule has 0 radical (unpaired) electrons. The van der Waals surface area contributed by atoms with E-state index in [0.29, 0.717) is 18.5 Å². The molecule has 3 aromatic rings. The normalized spacial score (nSPS) is 15.6. The molecule has 4 rings (SSSR count). The average molecular weight is 480 g/mol. The van der Waals surface area contributed by atoms with E-state index in [1.54, 1.807) is 19.1 Å². The smallest absolute Gasteiger partial charge is 0.248 e. The molecule has 2 heterocycles. The lowest BCUT2D eigenvalue weighted by Crippen LogP contribution is -2.41. The first-order valence-corrected chi connectivity index (χ1v) is 12.8. The van der Waals surface area contributed by atoms with Gasteiger partial charge in [0.05, 0.1) is 0 Å². The summed E-state index contributed by atoms with van der Waals surface area (Å²) in [6.45, 7) is 6.10. The predicted octanol–water partition coefficient (Wildman–Crippen LogP) is 4.81. The molecule has 0 bridgehead atoms. The number of carbonyl (C=O) groups is 1. The third-order valence-electron chi connectivity index (χ3n) is 6.16. The van der Waals surface area contributed by atoms with Crippen molar-refractivity contribution in [2.45, 2.75) is 38.5 Å². The van der Waals surface area contributed by atoms with Gasteiger partial charge in [-0.1, -0.05) is 59.3 Å². The van der Waals surface area contributed by atoms with Gasteiger partial charge in [-0.05, 0) is 56.9 Å². The Hall–Kier alpha value is -3.23. The highest BCUT2D eigenvalue weighted by atomic mass is 32.2. The molecule has 1 saturated heterocycles. The van der Waals surface area contributed by atoms with Crippen molar-refractivity contribution in [1.29, 1.82) is 0 Å². The number of nitrogens with zero attached hydrogens (tertiary/aromatic N) is 2. The minimum atomic E-state index is -3.81. The van der Waals surface area contributed by atoms with Crippen molar-refractivity contribution >= 4 is 33.8 Å². The summed E-state index contributed by atoms with van der Waals surface area (Å²) in [5, 5.41) is 6.88. The minimum Gasteiger partial charge on any atom is -0.355 e. The number of nitrogens with one attached hydrogen (secondary N) is 1. The molecule has 178 valence electrons. The molecule has 1 fully saturated rings. The highest BCUT2D eigenvalue weighted by Gasteiger charge is 2.36. The molecular formula is C26H29N3O4S. The third-order valence-corrected chi connectivity index (χ3v) is 8.22. The van der Waals surface area contributed by atoms with Crippen molar-refractivity contribution in [1.82, 2.24) is 9.46 Å². The van der Waals surface area contributed by atoms with Crippen molar-refractivity contribution in [3.63, 3.8) is 0 Å². The Morgan fingerprint density at radius 2 is 1.71 bits per heavy atom. The zero-order valence-electron chi connectivity index (χ0n) is 19.6. The Labute approximate surface area is 200 Å². The maximum atomic E-state index is 13.4. The number of aryl methyl sites for hydroxylation is 3. The summed E-state index contributed by atoms with van der Waals surface area (Å²) in [7, 11) is -3.81. The van der Waals surface area contributed by atoms with Crippen LogP contribution in [0.4, 0.5) is 5.69 Å². The van der Waals surface area contributed by atoms with Crippen LogP contribution in [0.3, 0.4) is 0 Å². The summed E-state index contributed by atoms with van der Waals surface area (Å²) >= 11 is 0. The highest BCUT2D eigenvalue weighted by Crippen LogP contribution is 2.30. The lowest BCUT2D eigenvalue weighted by Gasteiger charge is -2.30. The van der Waals surface area contributed by atoms with Crippen LogP contribution in [0.25, 0.3) is 12.2 Å². The average Bonchev–Trinajstić information content (AvgIpc) is 3.21. The van der Waals surface area contributed by atoms with Crippen LogP contribution in [0.2, 0.25) is 0 Å². The van der Waals surface area contributed by atoms with Gasteiger partial charge in [-0.15, -0.1) is 0 Å². The van der Waals surface area contributed by atoms with Crippen LogP contribution in [0, 0.1) is 26.7 Å². The zero-order chi connectivity index (χ0) is 24.3. The van der Waals surface area contributed by atoms with Gasteiger partial charge in [-0.25, -0.2) is 8.42 Å². The topological polar surface area (TPSA) is 92.5 Å². The first kappa shape index (κ1) is 23.9. The quantitative estimate of drug-likeness (QED) is 0.548. The molecule has 0 unspecified atom stereocenters. The number of hydrogen-bond donors (Lipinski definition) is 1. The molecule has 1 aromatic heterocycles. The first-order chi connectivity index (χ1) is 16.3. The Morgan fingerprint density at radius 1 is 1.03 bits per heavy atom. The molecule has 7 nitrogen and oxygen atoms in total. The molecule has 0 atom stereocenters. The van der Waals surface area contributed by atoms with Gasteiger partial charge >= 0.3 is 0 Å². The minimum absolute atomic E-state index is 0.0748. The van der Waals surface area contributed by atoms with E-state index in [2.05, 4.69) is 10.5 Å². The molecule has 1 amide bonds. The second-order valence-electron chi connectivity index (χ2n) is 8.69. The molecule has 1 aliphatic rings. The van der Waals surface area contributed by atoms with Gasteiger partial charge in [-0.2, -0.15) is 4.31 Å². The second-order valence-corrected chi connectivity index (χ2v) is 10.6. The van der Waals surface area contributed by atoms with Crippen molar-refractivity contribution in [3.8, 4) is 0 Å². The lowest BCUT2D eigenvalue weighted by atomic mass is 9.97. The van der Waals surface area contributed by atoms with Crippen LogP contribution < -0.4 is 5.32 Å². The standard InChI is InChI=1S/C26H29N3O4S/c1-18-8-10-21(11-9-18)12-13-24-25(20(3)28-33-24)34(31,32)29-16-14-22(15-17-29)26(30)27-23-7-5-4-6-19(23)2/h4-13,22H,14-17H2,1-3H3,(H,27,30). The van der Waals surface area contributed by atoms with Crippen molar-refractivity contribution < 1.29 is 17.7 Å². The number of rotatable bonds is 6. The largest absolute Gasteiger partial charge is 0.355 e. The number of hydrogen-bond acceptors (Lipinski definition) is 5. The molecular weight excluding hydrogens is 450 g/mol. The van der Waals surface area contributed by atoms with Gasteiger partial charge in [-0.3, -0.25) is 4.79 Å². The highest BCUT2D eigenvalue weighted by molar-refractivity contribution is 7.89. The monoisotopic (exact) mass is 479 g/mol. The van der Waals surface area contributed by atoms with E-state index in [0.717, 1.165) is 22.4 Å². The summed E-state index contributed by atoms with van der Waals surface area (Å²) in [5.41, 5.74) is 4.18. The number of anilines is 1. The molecule has 2 aromatic carbocycles. The van der Waals surface area contributed by atoms with Crippen molar-refractivity contribution in [2.75, 3.05) is 18.4 Å². The Morgan fingerprint density at radius 3 is 2.38 bits per heavy atom. The van der Waals surface area contributed by atoms with Crippen LogP contribution in [-0.4, -0.2) is 36.9 Å². The summed E-state index contributed by atoms with van der Waals surface area (Å²) in [6, 6.07) is 15.5. The van der Waals surface area contributed by atoms with Crippen LogP contribution in [0.15, 0.2) is 57.9 Å². The number of para-hydroxylation sites is 1. The van der Waals surface area contributed by atoms with Crippen LogP contribution >= 0.6 is 0 Å². The zero-order valence-corrected chi connectivity index (χ0v) is 20.4. The first-order valence-electron chi connectivity index (χ1n) is 11.3. The van der Waals surface area contributed by atoms with E-state index in [1.165, 1.54) is 4.31 Å². The molecule has 1 aliphatic heterocycles. The fourth-order valence-electron chi connectivity index (χ4n) is 4.08. The molecule has 1 N–H and O–H groups in total. The maximum absolute atomic E-state index is 13.4. The number of piperidine rings is 1. The number of benzene rings is 2. The van der Waals surface area contributed by atoms with Gasteiger partial charge < -0.3 is 9.84 Å². The maximum Gasteiger partial charge on any atom is 0.248 e. The fourth-order valence-corrected chi connectivity index (χ4v) is 5.80. The van der Waals surface area contributed by atoms with E-state index >= 15 is 0 Å². The van der Waals surface area contributed by atoms with E-state index < -0.39 is 10.0 Å². The fraction of sp³-hybridized carbons (Fsp3) is 0.308. The summed E-state index contributed by atoms with van der Waals surface area (Å²) in [5.74, 6) is -0.109. The van der Waals surface area contributed by atoms with E-state index in [-0.39, 0.29) is 35.6 Å². The van der Waals surface area contributed by atoms with Gasteiger partial charge in [0.15, 0.2) is 10.7 Å². The van der Waals surface area contributed by atoms with Gasteiger partial charge in [0, 0.05) is 24.7 Å². The van der Waals surface area contributed by atoms with Gasteiger partial charge in [0.2, 0.25) is 15.9 Å². The number of sulfonamides is 1. The molecule has 8 heteroatoms. The SMILES string of the molecule is Cc1ccc(C=Cc2onc(C)c2S(=O)(=O)N2CCC(C(=O)Nc3ccccc3C)CC2)cc1. The number of aromatic nitrogens is 1. The van der Waals surface area contributed by atoms with Gasteiger partial charge in [0.25, 0.3) is 0 Å². The third kappa shape index (κ3) is 5.13. The molecule has 34 heavy (non-hydrogen) atoms. The second kappa shape index (κ2) is 9.95. The predicted molar refractivity (Wildman–Crippen MR) is 133 cm³/mol. The van der Waals surface area contributed by atoms with Crippen molar-refractivity contribution in [2.24, 2.45) is 5.92 Å². The van der Waals surface area contributed by atoms with Gasteiger partial charge in [0.1, 0.15) is 5.69 Å². The Kier molecular flexibility index (Phi) is 7.00. The van der Waals surface area contributed by atoms with Crippen molar-refractivity contribution in [3.05, 3.63) is 76.7 Å². The van der Waals surface area contributed by atoms with E-state index in [1.807, 2.05) is 62.4 Å². The Bertz CT molecular complexity index is 1300. The van der Waals surface area contributed by atoms with Crippen LogP contribution in [0.5, 0.6) is 0 Å².